The molecule has 0 aromatic heterocycles. The molecule has 0 fully saturated rings. The molecule has 0 unspecified atom stereocenters. The monoisotopic (exact) mass is 257 g/mol. The van der Waals surface area contributed by atoms with Crippen LogP contribution in [-0.2, 0) is 10.2 Å². The maximum absolute atomic E-state index is 10.9. The third kappa shape index (κ3) is 6.13. The minimum Gasteiger partial charge on any atom is -0.385 e. The Bertz CT molecular complexity index is 446. The highest BCUT2D eigenvalue weighted by atomic mass is 32.2. The summed E-state index contributed by atoms with van der Waals surface area (Å²) in [5.41, 5.74) is 1.35. The van der Waals surface area contributed by atoms with E-state index in [4.69, 9.17) is 5.14 Å². The highest BCUT2D eigenvalue weighted by Gasteiger charge is 2.02. The van der Waals surface area contributed by atoms with Crippen LogP contribution in [0.3, 0.4) is 0 Å². The van der Waals surface area contributed by atoms with Crippen LogP contribution in [0.15, 0.2) is 24.3 Å². The Balaban J connectivity index is 2.54. The molecule has 0 radical (unpaired) electrons. The second-order valence-electron chi connectivity index (χ2n) is 3.86. The molecule has 1 aromatic carbocycles. The van der Waals surface area contributed by atoms with E-state index in [0.29, 0.717) is 5.69 Å². The number of benzene rings is 1. The van der Waals surface area contributed by atoms with Crippen molar-refractivity contribution in [1.82, 2.24) is 0 Å². The average molecular weight is 257 g/mol. The smallest absolute Gasteiger partial charge is 0.296 e. The van der Waals surface area contributed by atoms with E-state index in [-0.39, 0.29) is 0 Å². The van der Waals surface area contributed by atoms with Gasteiger partial charge in [-0.15, -0.1) is 0 Å². The number of hydrogen-bond donors (Lipinski definition) is 3. The molecule has 5 nitrogen and oxygen atoms in total. The third-order valence-electron chi connectivity index (χ3n) is 2.23. The Kier molecular flexibility index (Phi) is 5.24. The van der Waals surface area contributed by atoms with Crippen LogP contribution < -0.4 is 15.2 Å². The van der Waals surface area contributed by atoms with Crippen molar-refractivity contribution in [1.29, 1.82) is 0 Å². The van der Waals surface area contributed by atoms with Crippen molar-refractivity contribution in [2.24, 2.45) is 5.14 Å². The number of nitrogens with two attached hydrogens (primary N) is 1. The highest BCUT2D eigenvalue weighted by Crippen LogP contribution is 2.15. The van der Waals surface area contributed by atoms with Crippen LogP contribution in [0.25, 0.3) is 0 Å². The Labute approximate surface area is 103 Å². The number of hydrogen-bond acceptors (Lipinski definition) is 3. The number of rotatable bonds is 7. The predicted octanol–water partition coefficient (Wildman–Crippen LogP) is 1.90. The molecule has 96 valence electrons. The zero-order valence-corrected chi connectivity index (χ0v) is 10.8. The van der Waals surface area contributed by atoms with Crippen molar-refractivity contribution in [3.8, 4) is 0 Å². The molecular formula is C11H19N3O2S. The fourth-order valence-electron chi connectivity index (χ4n) is 1.46. The second kappa shape index (κ2) is 6.46. The molecule has 0 spiro atoms. The van der Waals surface area contributed by atoms with Crippen molar-refractivity contribution in [2.75, 3.05) is 16.6 Å². The van der Waals surface area contributed by atoms with Gasteiger partial charge in [0.15, 0.2) is 0 Å². The van der Waals surface area contributed by atoms with Gasteiger partial charge in [0.2, 0.25) is 0 Å². The zero-order valence-electron chi connectivity index (χ0n) is 9.94. The van der Waals surface area contributed by atoms with Gasteiger partial charge in [0.25, 0.3) is 10.2 Å². The van der Waals surface area contributed by atoms with Crippen LogP contribution >= 0.6 is 0 Å². The number of unbranched alkanes of at least 4 members (excludes halogenated alkanes) is 2. The predicted molar refractivity (Wildman–Crippen MR) is 71.2 cm³/mol. The van der Waals surface area contributed by atoms with Gasteiger partial charge in [0.1, 0.15) is 0 Å². The quantitative estimate of drug-likeness (QED) is 0.652. The molecule has 0 saturated heterocycles. The molecule has 0 aliphatic rings. The summed E-state index contributed by atoms with van der Waals surface area (Å²) in [7, 11) is -3.70. The summed E-state index contributed by atoms with van der Waals surface area (Å²) < 4.78 is 23.9. The largest absolute Gasteiger partial charge is 0.385 e. The van der Waals surface area contributed by atoms with Crippen LogP contribution in [-0.4, -0.2) is 15.0 Å². The fraction of sp³-hybridized carbons (Fsp3) is 0.455. The van der Waals surface area contributed by atoms with Crippen LogP contribution in [0.1, 0.15) is 26.2 Å². The molecule has 0 heterocycles. The second-order valence-corrected chi connectivity index (χ2v) is 5.16. The molecule has 0 aliphatic heterocycles. The summed E-state index contributed by atoms with van der Waals surface area (Å²) in [5.74, 6) is 0. The summed E-state index contributed by atoms with van der Waals surface area (Å²) in [5, 5.41) is 8.13. The van der Waals surface area contributed by atoms with Crippen molar-refractivity contribution in [3.05, 3.63) is 24.3 Å². The highest BCUT2D eigenvalue weighted by molar-refractivity contribution is 7.90. The summed E-state index contributed by atoms with van der Waals surface area (Å²) in [4.78, 5) is 0. The molecule has 6 heteroatoms. The molecule has 0 atom stereocenters. The topological polar surface area (TPSA) is 84.2 Å². The molecule has 0 bridgehead atoms. The van der Waals surface area contributed by atoms with E-state index >= 15 is 0 Å². The van der Waals surface area contributed by atoms with Gasteiger partial charge < -0.3 is 5.32 Å². The minimum atomic E-state index is -3.70. The summed E-state index contributed by atoms with van der Waals surface area (Å²) in [6, 6.07) is 7.04. The van der Waals surface area contributed by atoms with Crippen molar-refractivity contribution < 1.29 is 8.42 Å². The van der Waals surface area contributed by atoms with Crippen LogP contribution in [0.4, 0.5) is 11.4 Å². The van der Waals surface area contributed by atoms with Gasteiger partial charge in [0.05, 0.1) is 5.69 Å². The third-order valence-corrected chi connectivity index (χ3v) is 2.75. The first-order chi connectivity index (χ1) is 8.01. The van der Waals surface area contributed by atoms with Gasteiger partial charge in [-0.25, -0.2) is 5.14 Å². The van der Waals surface area contributed by atoms with E-state index in [1.54, 1.807) is 18.2 Å². The molecule has 0 aliphatic carbocycles. The summed E-state index contributed by atoms with van der Waals surface area (Å²) >= 11 is 0. The molecule has 4 N–H and O–H groups in total. The SMILES string of the molecule is CCCCCNc1cccc(NS(N)(=O)=O)c1. The van der Waals surface area contributed by atoms with Crippen molar-refractivity contribution >= 4 is 21.6 Å². The van der Waals surface area contributed by atoms with E-state index in [1.165, 1.54) is 12.8 Å². The standard InChI is InChI=1S/C11H19N3O2S/c1-2-3-4-8-13-10-6-5-7-11(9-10)14-17(12,15)16/h5-7,9,13-14H,2-4,8H2,1H3,(H2,12,15,16). The lowest BCUT2D eigenvalue weighted by atomic mass is 10.2. The van der Waals surface area contributed by atoms with E-state index in [9.17, 15) is 8.42 Å². The first-order valence-electron chi connectivity index (χ1n) is 5.66. The Morgan fingerprint density at radius 3 is 2.59 bits per heavy atom. The fourth-order valence-corrected chi connectivity index (χ4v) is 1.92. The zero-order chi connectivity index (χ0) is 12.7. The Morgan fingerprint density at radius 2 is 1.94 bits per heavy atom. The maximum atomic E-state index is 10.9. The van der Waals surface area contributed by atoms with E-state index in [0.717, 1.165) is 18.7 Å². The van der Waals surface area contributed by atoms with Gasteiger partial charge in [-0.3, -0.25) is 4.72 Å². The first-order valence-corrected chi connectivity index (χ1v) is 7.20. The van der Waals surface area contributed by atoms with Gasteiger partial charge >= 0.3 is 0 Å². The van der Waals surface area contributed by atoms with Gasteiger partial charge in [-0.2, -0.15) is 8.42 Å². The van der Waals surface area contributed by atoms with Gasteiger partial charge in [0, 0.05) is 12.2 Å². The lowest BCUT2D eigenvalue weighted by molar-refractivity contribution is 0.603. The van der Waals surface area contributed by atoms with E-state index in [2.05, 4.69) is 17.0 Å². The molecule has 17 heavy (non-hydrogen) atoms. The normalized spacial score (nSPS) is 11.2. The van der Waals surface area contributed by atoms with Crippen molar-refractivity contribution in [3.63, 3.8) is 0 Å². The lowest BCUT2D eigenvalue weighted by Gasteiger charge is -2.08. The average Bonchev–Trinajstić information content (AvgIpc) is 2.23. The number of anilines is 2. The minimum absolute atomic E-state index is 0.466. The van der Waals surface area contributed by atoms with E-state index in [1.807, 2.05) is 6.07 Å². The van der Waals surface area contributed by atoms with E-state index < -0.39 is 10.2 Å². The van der Waals surface area contributed by atoms with Crippen LogP contribution in [0.5, 0.6) is 0 Å². The summed E-state index contributed by atoms with van der Waals surface area (Å²) in [6.07, 6.45) is 3.46. The van der Waals surface area contributed by atoms with Crippen molar-refractivity contribution in [2.45, 2.75) is 26.2 Å². The summed E-state index contributed by atoms with van der Waals surface area (Å²) in [6.45, 7) is 3.03. The Morgan fingerprint density at radius 1 is 1.24 bits per heavy atom. The molecule has 0 amide bonds. The first kappa shape index (κ1) is 13.8. The van der Waals surface area contributed by atoms with Gasteiger partial charge in [-0.1, -0.05) is 25.8 Å². The maximum Gasteiger partial charge on any atom is 0.296 e. The molecule has 1 aromatic rings. The Hall–Kier alpha value is -1.27. The molecule has 1 rings (SSSR count). The number of nitrogens with one attached hydrogen (secondary N) is 2. The molecular weight excluding hydrogens is 238 g/mol. The lowest BCUT2D eigenvalue weighted by Crippen LogP contribution is -2.21. The molecule has 0 saturated carbocycles. The van der Waals surface area contributed by atoms with Gasteiger partial charge in [-0.05, 0) is 24.6 Å². The van der Waals surface area contributed by atoms with Crippen LogP contribution in [0.2, 0.25) is 0 Å². The van der Waals surface area contributed by atoms with Crippen LogP contribution in [0, 0.1) is 0 Å².